The molecule has 6 N–H and O–H groups in total. The van der Waals surface area contributed by atoms with Crippen LogP contribution in [-0.4, -0.2) is 117 Å². The van der Waals surface area contributed by atoms with Gasteiger partial charge >= 0.3 is 24.1 Å². The molecule has 0 bridgehead atoms. The van der Waals surface area contributed by atoms with Crippen LogP contribution in [-0.2, 0) is 38.0 Å². The van der Waals surface area contributed by atoms with Gasteiger partial charge in [-0.3, -0.25) is 9.80 Å². The van der Waals surface area contributed by atoms with Crippen molar-refractivity contribution in [2.24, 2.45) is 23.3 Å². The van der Waals surface area contributed by atoms with E-state index in [0.717, 1.165) is 22.3 Å². The summed E-state index contributed by atoms with van der Waals surface area (Å²) in [6, 6.07) is 7.12. The maximum Gasteiger partial charge on any atom is 0.412 e. The summed E-state index contributed by atoms with van der Waals surface area (Å²) in [7, 11) is 0. The Morgan fingerprint density at radius 2 is 1.03 bits per heavy atom. The first-order chi connectivity index (χ1) is 31.4. The quantitative estimate of drug-likeness (QED) is 0.0937. The van der Waals surface area contributed by atoms with E-state index in [1.165, 1.54) is 12.1 Å². The summed E-state index contributed by atoms with van der Waals surface area (Å²) in [4.78, 5) is 69.3. The van der Waals surface area contributed by atoms with Crippen LogP contribution in [0, 0.1) is 37.3 Å². The fourth-order valence-corrected chi connectivity index (χ4v) is 10.4. The van der Waals surface area contributed by atoms with Crippen molar-refractivity contribution in [3.8, 4) is 22.3 Å². The second-order valence-corrected chi connectivity index (χ2v) is 18.2. The third-order valence-electron chi connectivity index (χ3n) is 13.3. The minimum Gasteiger partial charge on any atom is -0.375 e. The van der Waals surface area contributed by atoms with E-state index in [4.69, 9.17) is 39.9 Å². The number of amides is 2. The van der Waals surface area contributed by atoms with Gasteiger partial charge in [-0.2, -0.15) is 0 Å². The Morgan fingerprint density at radius 3 is 1.36 bits per heavy atom. The summed E-state index contributed by atoms with van der Waals surface area (Å²) < 4.78 is 66.2. The number of halogens is 2. The number of carbonyl (C=O) groups excluding carboxylic acids is 4. The number of nitrogens with two attached hydrogens (primary N) is 2. The van der Waals surface area contributed by atoms with Crippen LogP contribution in [0.1, 0.15) is 75.4 Å². The minimum atomic E-state index is -1.22. The molecule has 0 unspecified atom stereocenters. The van der Waals surface area contributed by atoms with Crippen LogP contribution in [0.15, 0.2) is 36.4 Å². The minimum absolute atomic E-state index is 0.0990. The molecule has 9 rings (SSSR count). The topological polar surface area (TPSA) is 240 Å². The molecule has 350 valence electrons. The molecule has 4 saturated heterocycles. The Hall–Kier alpha value is -5.90. The number of primary amides is 2. The number of nitrogens with one attached hydrogen (secondary N) is 2. The zero-order valence-electron chi connectivity index (χ0n) is 37.4. The van der Waals surface area contributed by atoms with E-state index < -0.39 is 71.5 Å². The summed E-state index contributed by atoms with van der Waals surface area (Å²) in [5, 5.41) is 0. The van der Waals surface area contributed by atoms with Crippen molar-refractivity contribution >= 4 is 46.2 Å². The molecule has 4 aliphatic rings. The maximum atomic E-state index is 16.2. The summed E-state index contributed by atoms with van der Waals surface area (Å²) in [5.74, 6) is -4.76. The Kier molecular flexibility index (Phi) is 11.7. The molecular weight excluding hydrogens is 863 g/mol. The highest BCUT2D eigenvalue weighted by molar-refractivity contribution is 5.89. The Balaban J connectivity index is 1.03. The first kappa shape index (κ1) is 45.3. The zero-order chi connectivity index (χ0) is 47.0. The molecule has 4 aliphatic heterocycles. The summed E-state index contributed by atoms with van der Waals surface area (Å²) in [5.41, 5.74) is 15.8. The number of imidazole rings is 2. The lowest BCUT2D eigenvalue weighted by Crippen LogP contribution is -2.48. The van der Waals surface area contributed by atoms with Gasteiger partial charge in [0.05, 0.1) is 62.6 Å². The monoisotopic (exact) mass is 914 g/mol. The van der Waals surface area contributed by atoms with E-state index in [1.54, 1.807) is 0 Å². The van der Waals surface area contributed by atoms with Gasteiger partial charge in [-0.15, -0.1) is 0 Å². The lowest BCUT2D eigenvalue weighted by molar-refractivity contribution is -0.156. The molecule has 2 amide bonds. The standard InChI is InChI=1S/C46H52F2N8O10/c1-21(2)37(41(57)65-43(49)59)55-19-45(61-9-10-62-45)17-33(55)39-51-31-15-25(13-29(47)35(31)53-39)27-7-8-28(24(6)23(27)5)26-14-30(48)36-32(16-26)52-40(54-36)34-18-46(63-11-12-64-46)20-56(34)38(22(3)4)42(58)66-44(50)60/h7-8,13-16,21-22,33-34,37-38H,9-12,17-20H2,1-6H3,(H2,49,59)(H2,50,60)(H,51,53)(H,52,54)/t33-,34-,37-,38-/m0/s1. The Bertz CT molecular complexity index is 2580. The average molecular weight is 915 g/mol. The van der Waals surface area contributed by atoms with Crippen molar-refractivity contribution in [1.82, 2.24) is 29.7 Å². The number of benzene rings is 3. The van der Waals surface area contributed by atoms with E-state index in [1.807, 2.05) is 75.6 Å². The highest BCUT2D eigenvalue weighted by Gasteiger charge is 2.55. The number of carbonyl (C=O) groups is 4. The molecule has 18 nitrogen and oxygen atoms in total. The van der Waals surface area contributed by atoms with Crippen LogP contribution in [0.5, 0.6) is 0 Å². The average Bonchev–Trinajstić information content (AvgIpc) is 4.10. The molecule has 3 aromatic carbocycles. The number of esters is 2. The van der Waals surface area contributed by atoms with Crippen molar-refractivity contribution < 1.29 is 56.4 Å². The molecule has 0 saturated carbocycles. The molecule has 0 aliphatic carbocycles. The fraction of sp³-hybridized carbons (Fsp3) is 0.478. The zero-order valence-corrected chi connectivity index (χ0v) is 37.4. The molecule has 2 aromatic heterocycles. The van der Waals surface area contributed by atoms with E-state index in [-0.39, 0.29) is 48.8 Å². The van der Waals surface area contributed by atoms with Crippen LogP contribution in [0.3, 0.4) is 0 Å². The molecular formula is C46H52F2N8O10. The van der Waals surface area contributed by atoms with E-state index >= 15 is 8.78 Å². The summed E-state index contributed by atoms with van der Waals surface area (Å²) in [6.07, 6.45) is -1.88. The van der Waals surface area contributed by atoms with Gasteiger partial charge in [0.25, 0.3) is 0 Å². The fourth-order valence-electron chi connectivity index (χ4n) is 10.4. The third kappa shape index (κ3) is 8.08. The van der Waals surface area contributed by atoms with Gasteiger partial charge in [-0.1, -0.05) is 39.8 Å². The smallest absolute Gasteiger partial charge is 0.375 e. The third-order valence-corrected chi connectivity index (χ3v) is 13.3. The van der Waals surface area contributed by atoms with E-state index in [9.17, 15) is 19.2 Å². The first-order valence-electron chi connectivity index (χ1n) is 22.0. The Morgan fingerprint density at radius 1 is 0.667 bits per heavy atom. The van der Waals surface area contributed by atoms with Gasteiger partial charge in [0.15, 0.2) is 23.2 Å². The van der Waals surface area contributed by atoms with Crippen molar-refractivity contribution in [2.45, 2.75) is 90.1 Å². The number of hydrogen-bond donors (Lipinski definition) is 4. The van der Waals surface area contributed by atoms with Crippen molar-refractivity contribution in [3.05, 3.63) is 70.8 Å². The van der Waals surface area contributed by atoms with Gasteiger partial charge in [-0.25, -0.2) is 37.9 Å². The number of hydrogen-bond acceptors (Lipinski definition) is 14. The maximum absolute atomic E-state index is 16.2. The van der Waals surface area contributed by atoms with Crippen LogP contribution in [0.2, 0.25) is 0 Å². The molecule has 4 atom stereocenters. The number of aromatic nitrogens is 4. The number of nitrogens with zero attached hydrogens (tertiary/aromatic N) is 4. The molecule has 6 heterocycles. The highest BCUT2D eigenvalue weighted by atomic mass is 19.1. The predicted octanol–water partition coefficient (Wildman–Crippen LogP) is 5.94. The Labute approximate surface area is 377 Å². The number of likely N-dealkylation sites (tertiary alicyclic amines) is 2. The number of ether oxygens (including phenoxy) is 6. The largest absolute Gasteiger partial charge is 0.412 e. The van der Waals surface area contributed by atoms with Gasteiger partial charge in [0.1, 0.15) is 34.8 Å². The molecule has 0 radical (unpaired) electrons. The SMILES string of the molecule is Cc1c(-c2cc(F)c3nc([C@@H]4CC5(CN4[C@H](C(=O)OC(N)=O)C(C)C)OCCO5)[nH]c3c2)ccc(-c2cc(F)c3nc([C@@H]4CC5(CN4[C@H](C(=O)OC(N)=O)C(C)C)OCCO5)[nH]c3c2)c1C. The second kappa shape index (κ2) is 17.1. The number of rotatable bonds is 10. The van der Waals surface area contributed by atoms with Crippen molar-refractivity contribution in [1.29, 1.82) is 0 Å². The van der Waals surface area contributed by atoms with Gasteiger partial charge in [-0.05, 0) is 83.3 Å². The van der Waals surface area contributed by atoms with Crippen LogP contribution in [0.25, 0.3) is 44.3 Å². The highest BCUT2D eigenvalue weighted by Crippen LogP contribution is 2.47. The van der Waals surface area contributed by atoms with Crippen LogP contribution < -0.4 is 11.5 Å². The van der Waals surface area contributed by atoms with Gasteiger partial charge in [0.2, 0.25) is 0 Å². The van der Waals surface area contributed by atoms with Gasteiger partial charge in [0, 0.05) is 12.8 Å². The number of aromatic amines is 2. The lowest BCUT2D eigenvalue weighted by atomic mass is 9.90. The van der Waals surface area contributed by atoms with Crippen LogP contribution >= 0.6 is 0 Å². The molecule has 4 fully saturated rings. The molecule has 5 aromatic rings. The number of H-pyrrole nitrogens is 2. The molecule has 66 heavy (non-hydrogen) atoms. The van der Waals surface area contributed by atoms with Crippen LogP contribution in [0.4, 0.5) is 18.4 Å². The second-order valence-electron chi connectivity index (χ2n) is 18.2. The number of fused-ring (bicyclic) bond motifs is 2. The van der Waals surface area contributed by atoms with E-state index in [2.05, 4.69) is 19.9 Å². The predicted molar refractivity (Wildman–Crippen MR) is 232 cm³/mol. The summed E-state index contributed by atoms with van der Waals surface area (Å²) in [6.45, 7) is 12.9. The summed E-state index contributed by atoms with van der Waals surface area (Å²) >= 11 is 0. The molecule has 20 heteroatoms. The normalized spacial score (nSPS) is 21.5. The lowest BCUT2D eigenvalue weighted by Gasteiger charge is -2.32. The molecule has 2 spiro atoms. The van der Waals surface area contributed by atoms with Crippen molar-refractivity contribution in [3.63, 3.8) is 0 Å². The first-order valence-corrected chi connectivity index (χ1v) is 22.0. The van der Waals surface area contributed by atoms with Gasteiger partial charge < -0.3 is 49.9 Å². The van der Waals surface area contributed by atoms with E-state index in [0.29, 0.717) is 60.2 Å². The van der Waals surface area contributed by atoms with Crippen molar-refractivity contribution in [2.75, 3.05) is 39.5 Å².